The van der Waals surface area contributed by atoms with Crippen molar-refractivity contribution in [2.45, 2.75) is 45.6 Å². The number of aromatic nitrogens is 2. The molecule has 0 aliphatic carbocycles. The molecule has 8 nitrogen and oxygen atoms in total. The second kappa shape index (κ2) is 8.30. The van der Waals surface area contributed by atoms with Gasteiger partial charge in [-0.05, 0) is 32.3 Å². The number of anilines is 3. The monoisotopic (exact) mass is 370 g/mol. The standard InChI is InChI=1S/C19H26N6O2/c1-3-5-15-11-18(24-9-4-6-14(20)12-24)23-19(21-15)22-16-8-7-13(2)17(10-16)25(26)27/h7-8,10-11,14H,3-6,9,12,20H2,1-2H3,(H,21,22,23)/t14-/m1/s1. The number of nitrogens with two attached hydrogens (primary N) is 1. The molecule has 0 saturated carbocycles. The Morgan fingerprint density at radius 1 is 1.37 bits per heavy atom. The van der Waals surface area contributed by atoms with Crippen LogP contribution in [0.4, 0.5) is 23.1 Å². The molecule has 0 unspecified atom stereocenters. The van der Waals surface area contributed by atoms with Gasteiger partial charge in [-0.1, -0.05) is 19.4 Å². The van der Waals surface area contributed by atoms with Crippen molar-refractivity contribution < 1.29 is 4.92 Å². The van der Waals surface area contributed by atoms with E-state index in [1.54, 1.807) is 19.1 Å². The van der Waals surface area contributed by atoms with Crippen LogP contribution >= 0.6 is 0 Å². The number of nitrogens with one attached hydrogen (secondary N) is 1. The van der Waals surface area contributed by atoms with E-state index < -0.39 is 0 Å². The van der Waals surface area contributed by atoms with Crippen LogP contribution in [0.1, 0.15) is 37.4 Å². The third-order valence-electron chi connectivity index (χ3n) is 4.72. The number of nitro benzene ring substituents is 1. The molecular weight excluding hydrogens is 344 g/mol. The Hall–Kier alpha value is -2.74. The van der Waals surface area contributed by atoms with E-state index in [-0.39, 0.29) is 16.7 Å². The third-order valence-corrected chi connectivity index (χ3v) is 4.72. The minimum absolute atomic E-state index is 0.0759. The average Bonchev–Trinajstić information content (AvgIpc) is 2.63. The van der Waals surface area contributed by atoms with Crippen molar-refractivity contribution in [2.24, 2.45) is 5.73 Å². The van der Waals surface area contributed by atoms with Crippen LogP contribution in [0.2, 0.25) is 0 Å². The van der Waals surface area contributed by atoms with Crippen molar-refractivity contribution in [3.05, 3.63) is 45.6 Å². The van der Waals surface area contributed by atoms with Crippen LogP contribution in [0.15, 0.2) is 24.3 Å². The number of hydrogen-bond donors (Lipinski definition) is 2. The molecule has 8 heteroatoms. The summed E-state index contributed by atoms with van der Waals surface area (Å²) in [6.07, 6.45) is 3.90. The first-order valence-electron chi connectivity index (χ1n) is 9.37. The van der Waals surface area contributed by atoms with E-state index in [1.807, 2.05) is 6.07 Å². The molecule has 3 rings (SSSR count). The van der Waals surface area contributed by atoms with Gasteiger partial charge in [0.1, 0.15) is 5.82 Å². The largest absolute Gasteiger partial charge is 0.355 e. The van der Waals surface area contributed by atoms with Crippen molar-refractivity contribution in [3.8, 4) is 0 Å². The maximum Gasteiger partial charge on any atom is 0.274 e. The first kappa shape index (κ1) is 19.0. The van der Waals surface area contributed by atoms with Gasteiger partial charge in [0, 0.05) is 48.2 Å². The highest BCUT2D eigenvalue weighted by Crippen LogP contribution is 2.26. The predicted octanol–water partition coefficient (Wildman–Crippen LogP) is 3.32. The number of piperidine rings is 1. The Bertz CT molecular complexity index is 826. The van der Waals surface area contributed by atoms with Crippen molar-refractivity contribution in [2.75, 3.05) is 23.3 Å². The van der Waals surface area contributed by atoms with Crippen molar-refractivity contribution in [1.82, 2.24) is 9.97 Å². The summed E-state index contributed by atoms with van der Waals surface area (Å²) >= 11 is 0. The molecule has 1 atom stereocenters. The van der Waals surface area contributed by atoms with Crippen LogP contribution in [0.5, 0.6) is 0 Å². The van der Waals surface area contributed by atoms with Crippen LogP contribution in [0.3, 0.4) is 0 Å². The van der Waals surface area contributed by atoms with Gasteiger partial charge in [-0.25, -0.2) is 4.98 Å². The summed E-state index contributed by atoms with van der Waals surface area (Å²) in [5.41, 5.74) is 8.36. The highest BCUT2D eigenvalue weighted by atomic mass is 16.6. The number of hydrogen-bond acceptors (Lipinski definition) is 7. The number of nitro groups is 1. The van der Waals surface area contributed by atoms with Crippen LogP contribution in [-0.4, -0.2) is 34.0 Å². The summed E-state index contributed by atoms with van der Waals surface area (Å²) in [7, 11) is 0. The Kier molecular flexibility index (Phi) is 5.85. The molecule has 2 heterocycles. The number of benzene rings is 1. The maximum atomic E-state index is 11.2. The molecule has 1 saturated heterocycles. The van der Waals surface area contributed by atoms with Gasteiger partial charge < -0.3 is 16.0 Å². The summed E-state index contributed by atoms with van der Waals surface area (Å²) in [6, 6.07) is 7.21. The first-order chi connectivity index (χ1) is 13.0. The second-order valence-electron chi connectivity index (χ2n) is 7.02. The lowest BCUT2D eigenvalue weighted by molar-refractivity contribution is -0.385. The second-order valence-corrected chi connectivity index (χ2v) is 7.02. The Morgan fingerprint density at radius 3 is 2.89 bits per heavy atom. The van der Waals surface area contributed by atoms with Crippen LogP contribution in [0, 0.1) is 17.0 Å². The Balaban J connectivity index is 1.90. The summed E-state index contributed by atoms with van der Waals surface area (Å²) in [5.74, 6) is 1.31. The molecule has 1 aromatic carbocycles. The zero-order chi connectivity index (χ0) is 19.4. The van der Waals surface area contributed by atoms with Gasteiger partial charge in [0.2, 0.25) is 5.95 Å². The molecule has 1 aliphatic heterocycles. The zero-order valence-corrected chi connectivity index (χ0v) is 15.8. The van der Waals surface area contributed by atoms with Gasteiger partial charge in [-0.3, -0.25) is 10.1 Å². The maximum absolute atomic E-state index is 11.2. The minimum Gasteiger partial charge on any atom is -0.355 e. The first-order valence-corrected chi connectivity index (χ1v) is 9.37. The van der Waals surface area contributed by atoms with E-state index in [0.717, 1.165) is 50.3 Å². The Labute approximate surface area is 159 Å². The lowest BCUT2D eigenvalue weighted by Crippen LogP contribution is -2.43. The van der Waals surface area contributed by atoms with Crippen molar-refractivity contribution in [1.29, 1.82) is 0 Å². The number of nitrogens with zero attached hydrogens (tertiary/aromatic N) is 4. The van der Waals surface area contributed by atoms with E-state index >= 15 is 0 Å². The molecule has 1 fully saturated rings. The Morgan fingerprint density at radius 2 is 2.19 bits per heavy atom. The molecule has 144 valence electrons. The van der Waals surface area contributed by atoms with Crippen LogP contribution in [-0.2, 0) is 6.42 Å². The molecule has 27 heavy (non-hydrogen) atoms. The number of rotatable bonds is 6. The quantitative estimate of drug-likeness (QED) is 0.593. The minimum atomic E-state index is -0.380. The average molecular weight is 370 g/mol. The molecule has 1 aliphatic rings. The molecule has 2 aromatic rings. The van der Waals surface area contributed by atoms with Crippen molar-refractivity contribution >= 4 is 23.1 Å². The molecule has 0 amide bonds. The molecule has 0 bridgehead atoms. The van der Waals surface area contributed by atoms with Gasteiger partial charge in [-0.2, -0.15) is 4.98 Å². The van der Waals surface area contributed by atoms with E-state index in [0.29, 0.717) is 17.2 Å². The lowest BCUT2D eigenvalue weighted by atomic mass is 10.1. The predicted molar refractivity (Wildman–Crippen MR) is 107 cm³/mol. The summed E-state index contributed by atoms with van der Waals surface area (Å²) < 4.78 is 0. The third kappa shape index (κ3) is 4.71. The number of aryl methyl sites for hydroxylation is 2. The van der Waals surface area contributed by atoms with Crippen LogP contribution in [0.25, 0.3) is 0 Å². The summed E-state index contributed by atoms with van der Waals surface area (Å²) in [4.78, 5) is 22.2. The van der Waals surface area contributed by atoms with E-state index in [2.05, 4.69) is 27.1 Å². The highest BCUT2D eigenvalue weighted by Gasteiger charge is 2.19. The normalized spacial score (nSPS) is 17.0. The SMILES string of the molecule is CCCc1cc(N2CCC[C@@H](N)C2)nc(Nc2ccc(C)c([N+](=O)[O-])c2)n1. The highest BCUT2D eigenvalue weighted by molar-refractivity contribution is 5.61. The van der Waals surface area contributed by atoms with Crippen molar-refractivity contribution in [3.63, 3.8) is 0 Å². The topological polar surface area (TPSA) is 110 Å². The summed E-state index contributed by atoms with van der Waals surface area (Å²) in [5, 5.41) is 14.3. The van der Waals surface area contributed by atoms with E-state index in [4.69, 9.17) is 5.73 Å². The summed E-state index contributed by atoms with van der Waals surface area (Å²) in [6.45, 7) is 5.52. The van der Waals surface area contributed by atoms with Gasteiger partial charge in [0.25, 0.3) is 5.69 Å². The van der Waals surface area contributed by atoms with Gasteiger partial charge in [0.15, 0.2) is 0 Å². The molecule has 0 spiro atoms. The zero-order valence-electron chi connectivity index (χ0n) is 15.8. The lowest BCUT2D eigenvalue weighted by Gasteiger charge is -2.32. The molecule has 0 radical (unpaired) electrons. The van der Waals surface area contributed by atoms with E-state index in [1.165, 1.54) is 6.07 Å². The fourth-order valence-electron chi connectivity index (χ4n) is 3.32. The van der Waals surface area contributed by atoms with Gasteiger partial charge in [0.05, 0.1) is 4.92 Å². The van der Waals surface area contributed by atoms with Crippen LogP contribution < -0.4 is 16.0 Å². The fraction of sp³-hybridized carbons (Fsp3) is 0.474. The molecule has 1 aromatic heterocycles. The van der Waals surface area contributed by atoms with E-state index in [9.17, 15) is 10.1 Å². The van der Waals surface area contributed by atoms with Gasteiger partial charge in [-0.15, -0.1) is 0 Å². The smallest absolute Gasteiger partial charge is 0.274 e. The van der Waals surface area contributed by atoms with Gasteiger partial charge >= 0.3 is 0 Å². The molecule has 3 N–H and O–H groups in total. The fourth-order valence-corrected chi connectivity index (χ4v) is 3.32. The molecular formula is C19H26N6O2.